The fraction of sp³-hybridized carbons (Fsp3) is 0.303. The van der Waals surface area contributed by atoms with Crippen molar-refractivity contribution in [1.82, 2.24) is 4.90 Å². The van der Waals surface area contributed by atoms with E-state index in [1.54, 1.807) is 91.0 Å². The van der Waals surface area contributed by atoms with Crippen molar-refractivity contribution in [2.45, 2.75) is 31.2 Å². The second-order valence-corrected chi connectivity index (χ2v) is 10.6. The van der Waals surface area contributed by atoms with Crippen LogP contribution in [0.4, 0.5) is 0 Å². The number of carbonyl (C=O) groups excluding carboxylic acids is 5. The predicted octanol–water partition coefficient (Wildman–Crippen LogP) is 4.47. The lowest BCUT2D eigenvalue weighted by atomic mass is 9.81. The summed E-state index contributed by atoms with van der Waals surface area (Å²) >= 11 is 0. The van der Waals surface area contributed by atoms with E-state index in [0.29, 0.717) is 12.8 Å². The van der Waals surface area contributed by atoms with Crippen molar-refractivity contribution in [1.29, 1.82) is 0 Å². The van der Waals surface area contributed by atoms with Crippen LogP contribution in [0, 0.1) is 11.8 Å². The molecule has 2 unspecified atom stereocenters. The van der Waals surface area contributed by atoms with E-state index in [4.69, 9.17) is 14.2 Å². The summed E-state index contributed by atoms with van der Waals surface area (Å²) in [6.45, 7) is -1.66. The van der Waals surface area contributed by atoms with Crippen molar-refractivity contribution < 1.29 is 38.2 Å². The molecule has 2 amide bonds. The number of carbonyl (C=O) groups is 5. The molecule has 216 valence electrons. The Hall–Kier alpha value is -4.79. The summed E-state index contributed by atoms with van der Waals surface area (Å²) in [7, 11) is 0. The van der Waals surface area contributed by atoms with Crippen LogP contribution in [-0.4, -0.2) is 60.0 Å². The highest BCUT2D eigenvalue weighted by Crippen LogP contribution is 2.41. The zero-order valence-corrected chi connectivity index (χ0v) is 23.0. The van der Waals surface area contributed by atoms with Gasteiger partial charge in [-0.2, -0.15) is 0 Å². The molecule has 0 spiro atoms. The maximum atomic E-state index is 13.8. The van der Waals surface area contributed by atoms with Crippen LogP contribution in [0.3, 0.4) is 0 Å². The first kappa shape index (κ1) is 28.7. The molecule has 2 aliphatic rings. The van der Waals surface area contributed by atoms with Gasteiger partial charge in [-0.15, -0.1) is 0 Å². The van der Waals surface area contributed by atoms with Gasteiger partial charge >= 0.3 is 17.9 Å². The maximum absolute atomic E-state index is 13.8. The first-order chi connectivity index (χ1) is 20.4. The Morgan fingerprint density at radius 3 is 1.19 bits per heavy atom. The summed E-state index contributed by atoms with van der Waals surface area (Å²) in [4.78, 5) is 67.7. The molecule has 0 bridgehead atoms. The van der Waals surface area contributed by atoms with Crippen molar-refractivity contribution in [2.75, 3.05) is 19.8 Å². The highest BCUT2D eigenvalue weighted by Gasteiger charge is 2.57. The van der Waals surface area contributed by atoms with E-state index >= 15 is 0 Å². The number of benzene rings is 3. The number of nitrogens with zero attached hydrogens (tertiary/aromatic N) is 1. The Kier molecular flexibility index (Phi) is 8.76. The number of likely N-dealkylation sites (tertiary alicyclic amines) is 1. The SMILES string of the molecule is O=C(OCC(COC(=O)c1ccccc1)(COC(=O)c1ccccc1)N1C(=O)C2CCCCC2C1=O)c1ccccc1. The molecule has 42 heavy (non-hydrogen) atoms. The lowest BCUT2D eigenvalue weighted by Crippen LogP contribution is -2.61. The fourth-order valence-electron chi connectivity index (χ4n) is 5.52. The lowest BCUT2D eigenvalue weighted by Gasteiger charge is -2.39. The van der Waals surface area contributed by atoms with E-state index in [1.165, 1.54) is 0 Å². The number of hydrogen-bond acceptors (Lipinski definition) is 8. The smallest absolute Gasteiger partial charge is 0.338 e. The number of fused-ring (bicyclic) bond motifs is 1. The third kappa shape index (κ3) is 6.10. The second-order valence-electron chi connectivity index (χ2n) is 10.6. The summed E-state index contributed by atoms with van der Waals surface area (Å²) in [5, 5.41) is 0. The van der Waals surface area contributed by atoms with Gasteiger partial charge in [0.15, 0.2) is 5.54 Å². The molecule has 1 aliphatic heterocycles. The number of imide groups is 1. The topological polar surface area (TPSA) is 116 Å². The van der Waals surface area contributed by atoms with Crippen LogP contribution < -0.4 is 0 Å². The molecule has 1 aliphatic carbocycles. The Bertz CT molecular complexity index is 1280. The van der Waals surface area contributed by atoms with Gasteiger partial charge in [0.1, 0.15) is 19.8 Å². The number of hydrogen-bond donors (Lipinski definition) is 0. The maximum Gasteiger partial charge on any atom is 0.338 e. The van der Waals surface area contributed by atoms with Gasteiger partial charge in [0, 0.05) is 0 Å². The minimum atomic E-state index is -1.80. The van der Waals surface area contributed by atoms with Gasteiger partial charge in [0.2, 0.25) is 11.8 Å². The summed E-state index contributed by atoms with van der Waals surface area (Å²) in [6, 6.07) is 24.7. The normalized spacial score (nSPS) is 18.2. The van der Waals surface area contributed by atoms with Crippen molar-refractivity contribution in [3.05, 3.63) is 108 Å². The van der Waals surface area contributed by atoms with E-state index in [0.717, 1.165) is 17.7 Å². The van der Waals surface area contributed by atoms with Crippen LogP contribution in [0.1, 0.15) is 56.8 Å². The molecule has 1 saturated heterocycles. The Labute approximate surface area is 243 Å². The predicted molar refractivity (Wildman–Crippen MR) is 150 cm³/mol. The van der Waals surface area contributed by atoms with Crippen LogP contribution in [0.5, 0.6) is 0 Å². The molecule has 1 heterocycles. The van der Waals surface area contributed by atoms with E-state index in [-0.39, 0.29) is 16.7 Å². The van der Waals surface area contributed by atoms with E-state index in [2.05, 4.69) is 0 Å². The number of esters is 3. The summed E-state index contributed by atoms with van der Waals surface area (Å²) in [5.41, 5.74) is -1.05. The van der Waals surface area contributed by atoms with Gasteiger partial charge in [-0.05, 0) is 49.2 Å². The largest absolute Gasteiger partial charge is 0.459 e. The Morgan fingerprint density at radius 1 is 0.571 bits per heavy atom. The minimum Gasteiger partial charge on any atom is -0.459 e. The standard InChI is InChI=1S/C33H31NO8/c35-28-26-18-10-11-19-27(26)29(36)34(28)33(20-40-30(37)23-12-4-1-5-13-23,21-41-31(38)24-14-6-2-7-15-24)22-42-32(39)25-16-8-3-9-17-25/h1-9,12-17,26-27H,10-11,18-22H2. The molecule has 2 fully saturated rings. The highest BCUT2D eigenvalue weighted by molar-refractivity contribution is 6.06. The summed E-state index contributed by atoms with van der Waals surface area (Å²) < 4.78 is 17.0. The van der Waals surface area contributed by atoms with Gasteiger partial charge in [-0.25, -0.2) is 14.4 Å². The monoisotopic (exact) mass is 569 g/mol. The van der Waals surface area contributed by atoms with Crippen LogP contribution in [0.15, 0.2) is 91.0 Å². The molecule has 3 aromatic carbocycles. The fourth-order valence-corrected chi connectivity index (χ4v) is 5.52. The van der Waals surface area contributed by atoms with Gasteiger partial charge in [-0.1, -0.05) is 67.4 Å². The van der Waals surface area contributed by atoms with Crippen molar-refractivity contribution in [3.8, 4) is 0 Å². The molecular weight excluding hydrogens is 538 g/mol. The first-order valence-corrected chi connectivity index (χ1v) is 13.9. The molecule has 3 aromatic rings. The third-order valence-electron chi connectivity index (χ3n) is 7.76. The number of amides is 2. The molecule has 0 radical (unpaired) electrons. The van der Waals surface area contributed by atoms with Crippen molar-refractivity contribution >= 4 is 29.7 Å². The van der Waals surface area contributed by atoms with Gasteiger partial charge in [0.05, 0.1) is 28.5 Å². The average Bonchev–Trinajstić information content (AvgIpc) is 3.31. The second kappa shape index (κ2) is 12.8. The Balaban J connectivity index is 1.49. The molecule has 0 N–H and O–H groups in total. The quantitative estimate of drug-likeness (QED) is 0.200. The third-order valence-corrected chi connectivity index (χ3v) is 7.76. The lowest BCUT2D eigenvalue weighted by molar-refractivity contribution is -0.156. The van der Waals surface area contributed by atoms with Crippen LogP contribution in [0.2, 0.25) is 0 Å². The van der Waals surface area contributed by atoms with E-state index in [9.17, 15) is 24.0 Å². The molecule has 1 saturated carbocycles. The number of rotatable bonds is 10. The zero-order valence-electron chi connectivity index (χ0n) is 23.0. The van der Waals surface area contributed by atoms with E-state index < -0.39 is 66.9 Å². The van der Waals surface area contributed by atoms with Gasteiger partial charge in [-0.3, -0.25) is 14.5 Å². The molecular formula is C33H31NO8. The van der Waals surface area contributed by atoms with Gasteiger partial charge < -0.3 is 14.2 Å². The molecule has 2 atom stereocenters. The molecule has 9 nitrogen and oxygen atoms in total. The average molecular weight is 570 g/mol. The molecule has 0 aromatic heterocycles. The van der Waals surface area contributed by atoms with Gasteiger partial charge in [0.25, 0.3) is 0 Å². The van der Waals surface area contributed by atoms with Crippen LogP contribution in [0.25, 0.3) is 0 Å². The Morgan fingerprint density at radius 2 is 0.881 bits per heavy atom. The number of ether oxygens (including phenoxy) is 3. The summed E-state index contributed by atoms with van der Waals surface area (Å²) in [5.74, 6) is -4.10. The first-order valence-electron chi connectivity index (χ1n) is 13.9. The zero-order chi connectivity index (χ0) is 29.5. The van der Waals surface area contributed by atoms with E-state index in [1.807, 2.05) is 0 Å². The summed E-state index contributed by atoms with van der Waals surface area (Å²) in [6.07, 6.45) is 2.68. The van der Waals surface area contributed by atoms with Crippen molar-refractivity contribution in [2.24, 2.45) is 11.8 Å². The van der Waals surface area contributed by atoms with Crippen LogP contribution >= 0.6 is 0 Å². The minimum absolute atomic E-state index is 0.252. The van der Waals surface area contributed by atoms with Crippen LogP contribution in [-0.2, 0) is 23.8 Å². The molecule has 9 heteroatoms. The highest BCUT2D eigenvalue weighted by atomic mass is 16.6. The van der Waals surface area contributed by atoms with Crippen molar-refractivity contribution in [3.63, 3.8) is 0 Å². The molecule has 5 rings (SSSR count).